The van der Waals surface area contributed by atoms with Gasteiger partial charge in [0.05, 0.1) is 11.3 Å². The molecule has 0 amide bonds. The minimum absolute atomic E-state index is 0.553. The molecule has 1 fully saturated rings. The van der Waals surface area contributed by atoms with Gasteiger partial charge in [0, 0.05) is 19.2 Å². The molecule has 1 aliphatic heterocycles. The number of nitrogens with one attached hydrogen (secondary N) is 1. The van der Waals surface area contributed by atoms with E-state index in [-0.39, 0.29) is 0 Å². The van der Waals surface area contributed by atoms with E-state index in [1.807, 2.05) is 11.7 Å². The zero-order valence-corrected chi connectivity index (χ0v) is 10.9. The third-order valence-electron chi connectivity index (χ3n) is 3.66. The van der Waals surface area contributed by atoms with Gasteiger partial charge in [0.25, 0.3) is 0 Å². The first-order valence-electron chi connectivity index (χ1n) is 6.58. The number of aromatic nitrogens is 2. The van der Waals surface area contributed by atoms with Gasteiger partial charge >= 0.3 is 0 Å². The highest BCUT2D eigenvalue weighted by Crippen LogP contribution is 2.24. The van der Waals surface area contributed by atoms with Crippen LogP contribution in [0.3, 0.4) is 0 Å². The van der Waals surface area contributed by atoms with Crippen molar-refractivity contribution in [2.24, 2.45) is 7.05 Å². The van der Waals surface area contributed by atoms with Crippen LogP contribution in [0.1, 0.15) is 37.6 Å². The van der Waals surface area contributed by atoms with Gasteiger partial charge in [-0.15, -0.1) is 0 Å². The summed E-state index contributed by atoms with van der Waals surface area (Å²) >= 11 is 0. The molecule has 0 spiro atoms. The van der Waals surface area contributed by atoms with Crippen LogP contribution in [0.2, 0.25) is 0 Å². The van der Waals surface area contributed by atoms with E-state index in [0.29, 0.717) is 0 Å². The quantitative estimate of drug-likeness (QED) is 0.825. The predicted octanol–water partition coefficient (Wildman–Crippen LogP) is 1.03. The van der Waals surface area contributed by atoms with Crippen LogP contribution in [0.5, 0.6) is 0 Å². The van der Waals surface area contributed by atoms with E-state index in [4.69, 9.17) is 0 Å². The fourth-order valence-electron chi connectivity index (χ4n) is 2.54. The van der Waals surface area contributed by atoms with E-state index in [2.05, 4.69) is 23.4 Å². The van der Waals surface area contributed by atoms with Crippen LogP contribution in [-0.2, 0) is 19.9 Å². The van der Waals surface area contributed by atoms with Crippen molar-refractivity contribution < 1.29 is 5.11 Å². The number of hydrogen-bond donors (Lipinski definition) is 2. The third kappa shape index (κ3) is 3.07. The van der Waals surface area contributed by atoms with Gasteiger partial charge in [-0.1, -0.05) is 6.92 Å². The molecule has 0 saturated carbocycles. The molecule has 1 unspecified atom stereocenters. The third-order valence-corrected chi connectivity index (χ3v) is 3.66. The zero-order valence-electron chi connectivity index (χ0n) is 10.9. The Balaban J connectivity index is 2.09. The van der Waals surface area contributed by atoms with E-state index in [1.54, 1.807) is 0 Å². The first-order valence-corrected chi connectivity index (χ1v) is 6.58. The molecule has 1 aliphatic rings. The van der Waals surface area contributed by atoms with Crippen molar-refractivity contribution >= 4 is 0 Å². The summed E-state index contributed by atoms with van der Waals surface area (Å²) in [6.07, 6.45) is 4.44. The van der Waals surface area contributed by atoms with Crippen LogP contribution >= 0.6 is 0 Å². The van der Waals surface area contributed by atoms with Gasteiger partial charge in [-0.05, 0) is 44.8 Å². The van der Waals surface area contributed by atoms with Crippen LogP contribution in [-0.4, -0.2) is 33.6 Å². The second kappa shape index (κ2) is 5.19. The Bertz CT molecular complexity index is 365. The van der Waals surface area contributed by atoms with E-state index >= 15 is 0 Å². The summed E-state index contributed by atoms with van der Waals surface area (Å²) in [6, 6.07) is 2.12. The summed E-state index contributed by atoms with van der Waals surface area (Å²) in [5.41, 5.74) is 1.70. The molecule has 0 bridgehead atoms. The fourth-order valence-corrected chi connectivity index (χ4v) is 2.54. The van der Waals surface area contributed by atoms with E-state index in [1.165, 1.54) is 0 Å². The standard InChI is InChI=1S/C13H23N3O/c1-3-11-9-12(16(2)15-11)10-13(17)5-4-7-14-8-6-13/h9,14,17H,3-8,10H2,1-2H3. The molecule has 1 aromatic heterocycles. The molecule has 2 rings (SSSR count). The largest absolute Gasteiger partial charge is 0.389 e. The van der Waals surface area contributed by atoms with Gasteiger partial charge in [-0.25, -0.2) is 0 Å². The van der Waals surface area contributed by atoms with Crippen molar-refractivity contribution in [3.63, 3.8) is 0 Å². The van der Waals surface area contributed by atoms with Gasteiger partial charge in [0.2, 0.25) is 0 Å². The molecule has 0 radical (unpaired) electrons. The molecule has 96 valence electrons. The van der Waals surface area contributed by atoms with Crippen LogP contribution in [0.4, 0.5) is 0 Å². The van der Waals surface area contributed by atoms with Crippen LogP contribution in [0.15, 0.2) is 6.07 Å². The Labute approximate surface area is 103 Å². The van der Waals surface area contributed by atoms with Crippen molar-refractivity contribution in [2.75, 3.05) is 13.1 Å². The number of nitrogens with zero attached hydrogens (tertiary/aromatic N) is 2. The second-order valence-electron chi connectivity index (χ2n) is 5.11. The van der Waals surface area contributed by atoms with Gasteiger partial charge in [0.15, 0.2) is 0 Å². The summed E-state index contributed by atoms with van der Waals surface area (Å²) in [7, 11) is 1.97. The van der Waals surface area contributed by atoms with Crippen LogP contribution < -0.4 is 5.32 Å². The molecule has 2 heterocycles. The first kappa shape index (κ1) is 12.6. The summed E-state index contributed by atoms with van der Waals surface area (Å²) in [5.74, 6) is 0. The number of aliphatic hydroxyl groups is 1. The van der Waals surface area contributed by atoms with Crippen LogP contribution in [0.25, 0.3) is 0 Å². The average molecular weight is 237 g/mol. The topological polar surface area (TPSA) is 50.1 Å². The molecular formula is C13H23N3O. The maximum absolute atomic E-state index is 10.6. The Hall–Kier alpha value is -0.870. The minimum atomic E-state index is -0.553. The lowest BCUT2D eigenvalue weighted by Crippen LogP contribution is -2.33. The number of aryl methyl sites for hydroxylation is 2. The van der Waals surface area contributed by atoms with E-state index in [0.717, 1.165) is 56.6 Å². The van der Waals surface area contributed by atoms with Gasteiger partial charge < -0.3 is 10.4 Å². The lowest BCUT2D eigenvalue weighted by Gasteiger charge is -2.26. The second-order valence-corrected chi connectivity index (χ2v) is 5.11. The minimum Gasteiger partial charge on any atom is -0.389 e. The van der Waals surface area contributed by atoms with Crippen molar-refractivity contribution in [3.05, 3.63) is 17.5 Å². The Morgan fingerprint density at radius 2 is 2.29 bits per heavy atom. The summed E-state index contributed by atoms with van der Waals surface area (Å²) in [5, 5.41) is 18.4. The molecule has 4 nitrogen and oxygen atoms in total. The van der Waals surface area contributed by atoms with Crippen molar-refractivity contribution in [3.8, 4) is 0 Å². The highest BCUT2D eigenvalue weighted by molar-refractivity contribution is 5.13. The summed E-state index contributed by atoms with van der Waals surface area (Å²) in [4.78, 5) is 0. The van der Waals surface area contributed by atoms with Gasteiger partial charge in [0.1, 0.15) is 0 Å². The molecule has 0 aliphatic carbocycles. The Morgan fingerprint density at radius 1 is 1.47 bits per heavy atom. The van der Waals surface area contributed by atoms with Crippen molar-refractivity contribution in [1.82, 2.24) is 15.1 Å². The van der Waals surface area contributed by atoms with Gasteiger partial charge in [-0.3, -0.25) is 4.68 Å². The average Bonchev–Trinajstić information content (AvgIpc) is 2.51. The molecule has 1 saturated heterocycles. The Morgan fingerprint density at radius 3 is 3.00 bits per heavy atom. The smallest absolute Gasteiger partial charge is 0.0715 e. The SMILES string of the molecule is CCc1cc(CC2(O)CCCNCC2)n(C)n1. The predicted molar refractivity (Wildman–Crippen MR) is 68.0 cm³/mol. The molecule has 1 aromatic rings. The molecular weight excluding hydrogens is 214 g/mol. The molecule has 4 heteroatoms. The van der Waals surface area contributed by atoms with E-state index < -0.39 is 5.60 Å². The van der Waals surface area contributed by atoms with Crippen molar-refractivity contribution in [1.29, 1.82) is 0 Å². The number of hydrogen-bond acceptors (Lipinski definition) is 3. The molecule has 0 aromatic carbocycles. The molecule has 1 atom stereocenters. The van der Waals surface area contributed by atoms with Gasteiger partial charge in [-0.2, -0.15) is 5.10 Å². The zero-order chi connectivity index (χ0) is 12.3. The normalized spacial score (nSPS) is 25.8. The molecule has 2 N–H and O–H groups in total. The highest BCUT2D eigenvalue weighted by Gasteiger charge is 2.29. The maximum Gasteiger partial charge on any atom is 0.0715 e. The monoisotopic (exact) mass is 237 g/mol. The fraction of sp³-hybridized carbons (Fsp3) is 0.769. The lowest BCUT2D eigenvalue weighted by atomic mass is 9.89. The molecule has 17 heavy (non-hydrogen) atoms. The number of rotatable bonds is 3. The first-order chi connectivity index (χ1) is 8.13. The summed E-state index contributed by atoms with van der Waals surface area (Å²) in [6.45, 7) is 4.04. The highest BCUT2D eigenvalue weighted by atomic mass is 16.3. The Kier molecular flexibility index (Phi) is 3.84. The van der Waals surface area contributed by atoms with Crippen molar-refractivity contribution in [2.45, 2.75) is 44.6 Å². The van der Waals surface area contributed by atoms with Crippen LogP contribution in [0, 0.1) is 0 Å². The maximum atomic E-state index is 10.6. The lowest BCUT2D eigenvalue weighted by molar-refractivity contribution is 0.0267. The summed E-state index contributed by atoms with van der Waals surface area (Å²) < 4.78 is 1.91. The van der Waals surface area contributed by atoms with E-state index in [9.17, 15) is 5.11 Å².